The van der Waals surface area contributed by atoms with Crippen LogP contribution in [-0.4, -0.2) is 46.6 Å². The molecule has 2 N–H and O–H groups in total. The summed E-state index contributed by atoms with van der Waals surface area (Å²) >= 11 is 0. The number of hydrogen-bond acceptors (Lipinski definition) is 4. The van der Waals surface area contributed by atoms with E-state index in [1.807, 2.05) is 4.90 Å². The molecular weight excluding hydrogens is 361 g/mol. The number of likely N-dealkylation sites (tertiary alicyclic amines) is 1. The number of unbranched alkanes of at least 4 members (excludes halogenated alkanes) is 3. The number of pyridine rings is 1. The molecule has 5 nitrogen and oxygen atoms in total. The molecule has 1 aliphatic rings. The Labute approximate surface area is 163 Å². The van der Waals surface area contributed by atoms with Gasteiger partial charge in [-0.15, -0.1) is 24.8 Å². The van der Waals surface area contributed by atoms with E-state index in [2.05, 4.69) is 17.2 Å². The highest BCUT2D eigenvalue weighted by Crippen LogP contribution is 2.20. The Balaban J connectivity index is 0.00000288. The number of carbonyl (C=O) groups is 1. The highest BCUT2D eigenvalue weighted by molar-refractivity contribution is 5.85. The monoisotopic (exact) mass is 391 g/mol. The quantitative estimate of drug-likeness (QED) is 0.634. The molecule has 1 aromatic rings. The van der Waals surface area contributed by atoms with Crippen molar-refractivity contribution >= 4 is 30.7 Å². The van der Waals surface area contributed by atoms with Crippen LogP contribution in [0.5, 0.6) is 0 Å². The lowest BCUT2D eigenvalue weighted by atomic mass is 10.0. The molecule has 0 bridgehead atoms. The minimum Gasteiger partial charge on any atom is -0.386 e. The molecular formula is C18H31Cl2N3O2. The van der Waals surface area contributed by atoms with E-state index in [9.17, 15) is 9.90 Å². The third kappa shape index (κ3) is 7.48. The average Bonchev–Trinajstić information content (AvgIpc) is 3.12. The molecule has 0 aliphatic carbocycles. The van der Waals surface area contributed by atoms with Gasteiger partial charge in [-0.2, -0.15) is 0 Å². The van der Waals surface area contributed by atoms with Gasteiger partial charge in [-0.1, -0.05) is 26.2 Å². The highest BCUT2D eigenvalue weighted by atomic mass is 35.5. The summed E-state index contributed by atoms with van der Waals surface area (Å²) in [6, 6.07) is 2.97. The fourth-order valence-corrected chi connectivity index (χ4v) is 3.03. The van der Waals surface area contributed by atoms with Crippen LogP contribution >= 0.6 is 24.8 Å². The number of aromatic nitrogens is 1. The van der Waals surface area contributed by atoms with Gasteiger partial charge in [0, 0.05) is 25.5 Å². The molecule has 1 amide bonds. The molecule has 1 saturated heterocycles. The van der Waals surface area contributed by atoms with Crippen molar-refractivity contribution in [2.45, 2.75) is 57.6 Å². The maximum atomic E-state index is 12.8. The largest absolute Gasteiger partial charge is 0.386 e. The van der Waals surface area contributed by atoms with Crippen LogP contribution in [0.3, 0.4) is 0 Å². The topological polar surface area (TPSA) is 65.5 Å². The summed E-state index contributed by atoms with van der Waals surface area (Å²) in [6.45, 7) is 4.54. The summed E-state index contributed by atoms with van der Waals surface area (Å²) in [6.07, 6.45) is 9.15. The van der Waals surface area contributed by atoms with E-state index in [-0.39, 0.29) is 30.7 Å². The lowest BCUT2D eigenvalue weighted by molar-refractivity contribution is -0.135. The van der Waals surface area contributed by atoms with Gasteiger partial charge in [-0.05, 0) is 43.5 Å². The van der Waals surface area contributed by atoms with Crippen LogP contribution in [0.4, 0.5) is 0 Å². The lowest BCUT2D eigenvalue weighted by Gasteiger charge is -2.28. The van der Waals surface area contributed by atoms with E-state index < -0.39 is 12.1 Å². The van der Waals surface area contributed by atoms with Gasteiger partial charge in [0.2, 0.25) is 5.91 Å². The summed E-state index contributed by atoms with van der Waals surface area (Å²) < 4.78 is 0. The SMILES string of the molecule is CCCCCCNC(C(=O)N1CCCC1)C(O)c1ccncc1.Cl.Cl. The predicted octanol–water partition coefficient (Wildman–Crippen LogP) is 3.12. The smallest absolute Gasteiger partial charge is 0.242 e. The number of amides is 1. The van der Waals surface area contributed by atoms with Crippen molar-refractivity contribution in [2.75, 3.05) is 19.6 Å². The van der Waals surface area contributed by atoms with Crippen molar-refractivity contribution in [3.8, 4) is 0 Å². The molecule has 2 heterocycles. The molecule has 144 valence electrons. The molecule has 1 fully saturated rings. The Morgan fingerprint density at radius 1 is 1.20 bits per heavy atom. The lowest BCUT2D eigenvalue weighted by Crippen LogP contribution is -2.49. The Hall–Kier alpha value is -0.880. The molecule has 25 heavy (non-hydrogen) atoms. The van der Waals surface area contributed by atoms with Crippen LogP contribution in [0.15, 0.2) is 24.5 Å². The van der Waals surface area contributed by atoms with E-state index >= 15 is 0 Å². The summed E-state index contributed by atoms with van der Waals surface area (Å²) in [5.74, 6) is 0.0160. The van der Waals surface area contributed by atoms with Gasteiger partial charge >= 0.3 is 0 Å². The number of halogens is 2. The van der Waals surface area contributed by atoms with Crippen molar-refractivity contribution in [3.63, 3.8) is 0 Å². The molecule has 2 rings (SSSR count). The standard InChI is InChI=1S/C18H29N3O2.2ClH/c1-2-3-4-5-10-20-16(18(23)21-13-6-7-14-21)17(22)15-8-11-19-12-9-15;;/h8-9,11-12,16-17,20,22H,2-7,10,13-14H2,1H3;2*1H. The van der Waals surface area contributed by atoms with Gasteiger partial charge in [0.1, 0.15) is 12.1 Å². The minimum atomic E-state index is -0.836. The Morgan fingerprint density at radius 3 is 2.44 bits per heavy atom. The third-order valence-electron chi connectivity index (χ3n) is 4.44. The number of nitrogens with one attached hydrogen (secondary N) is 1. The maximum absolute atomic E-state index is 12.8. The predicted molar refractivity (Wildman–Crippen MR) is 105 cm³/mol. The number of rotatable bonds is 9. The van der Waals surface area contributed by atoms with Crippen LogP contribution in [0, 0.1) is 0 Å². The van der Waals surface area contributed by atoms with Gasteiger partial charge in [0.15, 0.2) is 0 Å². The van der Waals surface area contributed by atoms with Crippen LogP contribution < -0.4 is 5.32 Å². The first-order valence-electron chi connectivity index (χ1n) is 8.84. The average molecular weight is 392 g/mol. The zero-order valence-electron chi connectivity index (χ0n) is 14.9. The summed E-state index contributed by atoms with van der Waals surface area (Å²) in [7, 11) is 0. The zero-order chi connectivity index (χ0) is 16.5. The molecule has 1 aliphatic heterocycles. The van der Waals surface area contributed by atoms with Crippen LogP contribution in [-0.2, 0) is 4.79 Å². The second kappa shape index (κ2) is 13.3. The van der Waals surface area contributed by atoms with Gasteiger partial charge < -0.3 is 15.3 Å². The number of aliphatic hydroxyl groups is 1. The van der Waals surface area contributed by atoms with E-state index in [0.717, 1.165) is 50.9 Å². The minimum absolute atomic E-state index is 0. The van der Waals surface area contributed by atoms with E-state index in [4.69, 9.17) is 0 Å². The van der Waals surface area contributed by atoms with Crippen LogP contribution in [0.1, 0.15) is 57.1 Å². The van der Waals surface area contributed by atoms with Crippen molar-refractivity contribution < 1.29 is 9.90 Å². The van der Waals surface area contributed by atoms with E-state index in [1.165, 1.54) is 12.8 Å². The molecule has 0 spiro atoms. The van der Waals surface area contributed by atoms with Gasteiger partial charge in [-0.25, -0.2) is 0 Å². The molecule has 1 aromatic heterocycles. The second-order valence-electron chi connectivity index (χ2n) is 6.25. The normalized spacial score (nSPS) is 15.8. The summed E-state index contributed by atoms with van der Waals surface area (Å²) in [5.41, 5.74) is 0.735. The molecule has 0 saturated carbocycles. The van der Waals surface area contributed by atoms with Crippen molar-refractivity contribution in [2.24, 2.45) is 0 Å². The number of hydrogen-bond donors (Lipinski definition) is 2. The van der Waals surface area contributed by atoms with Gasteiger partial charge in [0.25, 0.3) is 0 Å². The number of aliphatic hydroxyl groups excluding tert-OH is 1. The molecule has 0 radical (unpaired) electrons. The van der Waals surface area contributed by atoms with Crippen molar-refractivity contribution in [1.29, 1.82) is 0 Å². The van der Waals surface area contributed by atoms with Crippen molar-refractivity contribution in [3.05, 3.63) is 30.1 Å². The summed E-state index contributed by atoms with van der Waals surface area (Å²) in [4.78, 5) is 18.6. The number of carbonyl (C=O) groups excluding carboxylic acids is 1. The molecule has 0 aromatic carbocycles. The highest BCUT2D eigenvalue weighted by Gasteiger charge is 2.32. The maximum Gasteiger partial charge on any atom is 0.242 e. The first kappa shape index (κ1) is 24.1. The fourth-order valence-electron chi connectivity index (χ4n) is 3.03. The van der Waals surface area contributed by atoms with E-state index in [0.29, 0.717) is 0 Å². The molecule has 2 unspecified atom stereocenters. The fraction of sp³-hybridized carbons (Fsp3) is 0.667. The zero-order valence-corrected chi connectivity index (χ0v) is 16.5. The Kier molecular flexibility index (Phi) is 12.9. The third-order valence-corrected chi connectivity index (χ3v) is 4.44. The Morgan fingerprint density at radius 2 is 1.84 bits per heavy atom. The van der Waals surface area contributed by atoms with E-state index in [1.54, 1.807) is 24.5 Å². The Bertz CT molecular complexity index is 471. The first-order chi connectivity index (χ1) is 11.2. The second-order valence-corrected chi connectivity index (χ2v) is 6.25. The van der Waals surface area contributed by atoms with Gasteiger partial charge in [0.05, 0.1) is 0 Å². The van der Waals surface area contributed by atoms with Gasteiger partial charge in [-0.3, -0.25) is 9.78 Å². The molecule has 7 heteroatoms. The first-order valence-corrected chi connectivity index (χ1v) is 8.84. The van der Waals surface area contributed by atoms with Crippen LogP contribution in [0.2, 0.25) is 0 Å². The van der Waals surface area contributed by atoms with Crippen molar-refractivity contribution in [1.82, 2.24) is 15.2 Å². The molecule has 2 atom stereocenters. The number of nitrogens with zero attached hydrogens (tertiary/aromatic N) is 2. The van der Waals surface area contributed by atoms with Crippen LogP contribution in [0.25, 0.3) is 0 Å². The summed E-state index contributed by atoms with van der Waals surface area (Å²) in [5, 5.41) is 14.0.